The van der Waals surface area contributed by atoms with Crippen molar-refractivity contribution in [3.05, 3.63) is 65.0 Å². The second-order valence-corrected chi connectivity index (χ2v) is 9.73. The van der Waals surface area contributed by atoms with Gasteiger partial charge in [0.2, 0.25) is 5.91 Å². The Balaban J connectivity index is 1.22. The lowest BCUT2D eigenvalue weighted by molar-refractivity contribution is -0.121. The fourth-order valence-electron chi connectivity index (χ4n) is 5.53. The van der Waals surface area contributed by atoms with Crippen LogP contribution in [-0.2, 0) is 24.4 Å². The summed E-state index contributed by atoms with van der Waals surface area (Å²) in [5, 5.41) is 9.17. The maximum absolute atomic E-state index is 13.3. The van der Waals surface area contributed by atoms with Crippen LogP contribution in [0.4, 0.5) is 0 Å². The van der Waals surface area contributed by atoms with Crippen LogP contribution in [0.15, 0.2) is 58.1 Å². The standard InChI is InChI=1S/C28H35N5O3/c1-2-15-32-25-13-6-5-12-23(25)24-18-30-33(28(35)27(24)32)20-26(34)29-14-8-16-31(21-9-3-4-10-21)19-22-11-7-17-36-22/h5-7,11-13,17-18,21H,2-4,8-10,14-16,19-20H2,1H3,(H,29,34). The third kappa shape index (κ3) is 5.09. The highest BCUT2D eigenvalue weighted by atomic mass is 16.3. The molecule has 8 nitrogen and oxygen atoms in total. The molecular formula is C28H35N5O3. The van der Waals surface area contributed by atoms with E-state index in [1.165, 1.54) is 30.4 Å². The molecule has 4 aromatic rings. The lowest BCUT2D eigenvalue weighted by Crippen LogP contribution is -2.37. The molecule has 1 aliphatic rings. The number of hydrogen-bond acceptors (Lipinski definition) is 5. The van der Waals surface area contributed by atoms with Crippen LogP contribution in [0.1, 0.15) is 51.2 Å². The number of fused-ring (bicyclic) bond motifs is 3. The Morgan fingerprint density at radius 3 is 2.78 bits per heavy atom. The number of aromatic nitrogens is 3. The van der Waals surface area contributed by atoms with E-state index in [2.05, 4.69) is 26.8 Å². The SMILES string of the molecule is CCCn1c2ccccc2c2cnn(CC(=O)NCCCN(Cc3ccco3)C3CCCC3)c(=O)c21. The van der Waals surface area contributed by atoms with Gasteiger partial charge in [0.1, 0.15) is 17.8 Å². The minimum absolute atomic E-state index is 0.0822. The van der Waals surface area contributed by atoms with Gasteiger partial charge in [-0.3, -0.25) is 14.5 Å². The van der Waals surface area contributed by atoms with Crippen LogP contribution in [0.25, 0.3) is 21.8 Å². The number of nitrogens with one attached hydrogen (secondary N) is 1. The van der Waals surface area contributed by atoms with Crippen LogP contribution in [0.5, 0.6) is 0 Å². The van der Waals surface area contributed by atoms with Gasteiger partial charge in [0.05, 0.1) is 19.0 Å². The van der Waals surface area contributed by atoms with Gasteiger partial charge in [-0.15, -0.1) is 0 Å². The molecular weight excluding hydrogens is 454 g/mol. The second kappa shape index (κ2) is 11.1. The van der Waals surface area contributed by atoms with Gasteiger partial charge in [-0.2, -0.15) is 5.10 Å². The average molecular weight is 490 g/mol. The third-order valence-corrected chi connectivity index (χ3v) is 7.24. The van der Waals surface area contributed by atoms with Crippen molar-refractivity contribution < 1.29 is 9.21 Å². The molecule has 0 radical (unpaired) electrons. The van der Waals surface area contributed by atoms with Gasteiger partial charge < -0.3 is 14.3 Å². The highest BCUT2D eigenvalue weighted by molar-refractivity contribution is 6.07. The molecule has 0 saturated heterocycles. The second-order valence-electron chi connectivity index (χ2n) is 9.73. The number of carbonyl (C=O) groups excluding carboxylic acids is 1. The Morgan fingerprint density at radius 2 is 2.00 bits per heavy atom. The van der Waals surface area contributed by atoms with Crippen molar-refractivity contribution >= 4 is 27.7 Å². The summed E-state index contributed by atoms with van der Waals surface area (Å²) in [6.45, 7) is 5.01. The quantitative estimate of drug-likeness (QED) is 0.318. The Morgan fingerprint density at radius 1 is 1.17 bits per heavy atom. The normalized spacial score (nSPS) is 14.4. The summed E-state index contributed by atoms with van der Waals surface area (Å²) in [5.41, 5.74) is 1.42. The number of furan rings is 1. The summed E-state index contributed by atoms with van der Waals surface area (Å²) < 4.78 is 8.90. The smallest absolute Gasteiger partial charge is 0.291 e. The Labute approximate surface area is 210 Å². The van der Waals surface area contributed by atoms with Crippen LogP contribution in [0, 0.1) is 0 Å². The number of amides is 1. The number of hydrogen-bond donors (Lipinski definition) is 1. The van der Waals surface area contributed by atoms with E-state index in [9.17, 15) is 9.59 Å². The number of rotatable bonds is 11. The van der Waals surface area contributed by atoms with E-state index in [4.69, 9.17) is 4.42 Å². The Hall–Kier alpha value is -3.39. The van der Waals surface area contributed by atoms with E-state index in [0.717, 1.165) is 54.5 Å². The summed E-state index contributed by atoms with van der Waals surface area (Å²) in [6.07, 6.45) is 10.2. The van der Waals surface area contributed by atoms with E-state index >= 15 is 0 Å². The van der Waals surface area contributed by atoms with Gasteiger partial charge in [0.25, 0.3) is 5.56 Å². The van der Waals surface area contributed by atoms with E-state index in [1.54, 1.807) is 12.5 Å². The molecule has 1 saturated carbocycles. The molecule has 3 heterocycles. The summed E-state index contributed by atoms with van der Waals surface area (Å²) in [5.74, 6) is 0.785. The van der Waals surface area contributed by atoms with E-state index in [1.807, 2.05) is 36.4 Å². The van der Waals surface area contributed by atoms with Crippen LogP contribution >= 0.6 is 0 Å². The molecule has 1 N–H and O–H groups in total. The maximum atomic E-state index is 13.3. The van der Waals surface area contributed by atoms with Crippen LogP contribution < -0.4 is 10.9 Å². The highest BCUT2D eigenvalue weighted by Crippen LogP contribution is 2.27. The zero-order valence-corrected chi connectivity index (χ0v) is 21.0. The van der Waals surface area contributed by atoms with Crippen molar-refractivity contribution in [2.24, 2.45) is 0 Å². The fourth-order valence-corrected chi connectivity index (χ4v) is 5.53. The fraction of sp³-hybridized carbons (Fsp3) is 0.464. The molecule has 1 aromatic carbocycles. The first kappa shape index (κ1) is 24.3. The summed E-state index contributed by atoms with van der Waals surface area (Å²) in [6, 6.07) is 12.5. The summed E-state index contributed by atoms with van der Waals surface area (Å²) in [4.78, 5) is 28.5. The molecule has 190 valence electrons. The Bertz CT molecular complexity index is 1370. The molecule has 8 heteroatoms. The first-order valence-corrected chi connectivity index (χ1v) is 13.2. The van der Waals surface area contributed by atoms with E-state index in [-0.39, 0.29) is 18.0 Å². The van der Waals surface area contributed by atoms with Gasteiger partial charge >= 0.3 is 0 Å². The Kier molecular flexibility index (Phi) is 7.51. The zero-order valence-electron chi connectivity index (χ0n) is 21.0. The molecule has 0 bridgehead atoms. The molecule has 0 aliphatic heterocycles. The van der Waals surface area contributed by atoms with Crippen molar-refractivity contribution in [1.29, 1.82) is 0 Å². The molecule has 36 heavy (non-hydrogen) atoms. The number of benzene rings is 1. The van der Waals surface area contributed by atoms with Crippen molar-refractivity contribution in [1.82, 2.24) is 24.6 Å². The monoisotopic (exact) mass is 489 g/mol. The number of aryl methyl sites for hydroxylation is 1. The predicted molar refractivity (Wildman–Crippen MR) is 141 cm³/mol. The minimum Gasteiger partial charge on any atom is -0.468 e. The van der Waals surface area contributed by atoms with Crippen LogP contribution in [-0.4, -0.2) is 44.3 Å². The van der Waals surface area contributed by atoms with Gasteiger partial charge in [-0.1, -0.05) is 38.0 Å². The molecule has 0 spiro atoms. The highest BCUT2D eigenvalue weighted by Gasteiger charge is 2.23. The maximum Gasteiger partial charge on any atom is 0.291 e. The van der Waals surface area contributed by atoms with Crippen molar-refractivity contribution in [2.75, 3.05) is 13.1 Å². The molecule has 1 fully saturated rings. The molecule has 0 atom stereocenters. The lowest BCUT2D eigenvalue weighted by Gasteiger charge is -2.28. The third-order valence-electron chi connectivity index (χ3n) is 7.24. The van der Waals surface area contributed by atoms with Crippen molar-refractivity contribution in [3.63, 3.8) is 0 Å². The zero-order chi connectivity index (χ0) is 24.9. The number of carbonyl (C=O) groups is 1. The summed E-state index contributed by atoms with van der Waals surface area (Å²) >= 11 is 0. The first-order valence-electron chi connectivity index (χ1n) is 13.2. The number of para-hydroxylation sites is 1. The van der Waals surface area contributed by atoms with Gasteiger partial charge in [0, 0.05) is 42.0 Å². The number of nitrogens with zero attached hydrogens (tertiary/aromatic N) is 4. The van der Waals surface area contributed by atoms with Crippen molar-refractivity contribution in [2.45, 2.75) is 71.1 Å². The molecule has 3 aromatic heterocycles. The molecule has 1 amide bonds. The van der Waals surface area contributed by atoms with Crippen LogP contribution in [0.3, 0.4) is 0 Å². The van der Waals surface area contributed by atoms with Crippen molar-refractivity contribution in [3.8, 4) is 0 Å². The van der Waals surface area contributed by atoms with Gasteiger partial charge in [0.15, 0.2) is 0 Å². The van der Waals surface area contributed by atoms with Gasteiger partial charge in [-0.05, 0) is 43.9 Å². The van der Waals surface area contributed by atoms with Gasteiger partial charge in [-0.25, -0.2) is 4.68 Å². The molecule has 5 rings (SSSR count). The topological polar surface area (TPSA) is 85.3 Å². The summed E-state index contributed by atoms with van der Waals surface area (Å²) in [7, 11) is 0. The molecule has 0 unspecified atom stereocenters. The average Bonchev–Trinajstić information content (AvgIpc) is 3.65. The first-order chi connectivity index (χ1) is 17.7. The van der Waals surface area contributed by atoms with E-state index < -0.39 is 0 Å². The largest absolute Gasteiger partial charge is 0.468 e. The van der Waals surface area contributed by atoms with Crippen LogP contribution in [0.2, 0.25) is 0 Å². The minimum atomic E-state index is -0.224. The van der Waals surface area contributed by atoms with E-state index in [0.29, 0.717) is 18.1 Å². The predicted octanol–water partition coefficient (Wildman–Crippen LogP) is 4.31. The lowest BCUT2D eigenvalue weighted by atomic mass is 10.2. The molecule has 1 aliphatic carbocycles.